The highest BCUT2D eigenvalue weighted by molar-refractivity contribution is 5.82. The van der Waals surface area contributed by atoms with Crippen LogP contribution in [0.2, 0.25) is 0 Å². The molecule has 1 aliphatic rings. The zero-order valence-electron chi connectivity index (χ0n) is 13.7. The van der Waals surface area contributed by atoms with E-state index in [9.17, 15) is 9.59 Å². The summed E-state index contributed by atoms with van der Waals surface area (Å²) >= 11 is 0. The zero-order chi connectivity index (χ0) is 17.0. The van der Waals surface area contributed by atoms with Crippen molar-refractivity contribution in [1.82, 2.24) is 5.32 Å². The molecule has 0 aliphatic carbocycles. The molecule has 1 heterocycles. The van der Waals surface area contributed by atoms with E-state index in [1.165, 1.54) is 0 Å². The fourth-order valence-corrected chi connectivity index (χ4v) is 2.58. The lowest BCUT2D eigenvalue weighted by Gasteiger charge is -2.26. The van der Waals surface area contributed by atoms with E-state index in [0.29, 0.717) is 19.4 Å². The van der Waals surface area contributed by atoms with Gasteiger partial charge in [0.15, 0.2) is 6.10 Å². The van der Waals surface area contributed by atoms with E-state index in [1.807, 2.05) is 38.1 Å². The molecule has 6 heteroatoms. The molecule has 2 rings (SSSR count). The van der Waals surface area contributed by atoms with Gasteiger partial charge in [0.25, 0.3) is 0 Å². The summed E-state index contributed by atoms with van der Waals surface area (Å²) in [6.45, 7) is 4.48. The first-order chi connectivity index (χ1) is 10.8. The predicted molar refractivity (Wildman–Crippen MR) is 84.6 cm³/mol. The van der Waals surface area contributed by atoms with Crippen molar-refractivity contribution in [2.24, 2.45) is 0 Å². The van der Waals surface area contributed by atoms with Gasteiger partial charge in [-0.1, -0.05) is 26.0 Å². The van der Waals surface area contributed by atoms with Crippen molar-refractivity contribution < 1.29 is 24.2 Å². The Morgan fingerprint density at radius 3 is 2.65 bits per heavy atom. The summed E-state index contributed by atoms with van der Waals surface area (Å²) < 4.78 is 10.5. The summed E-state index contributed by atoms with van der Waals surface area (Å²) in [6.07, 6.45) is -0.760. The van der Waals surface area contributed by atoms with Crippen LogP contribution in [-0.4, -0.2) is 42.8 Å². The fraction of sp³-hybridized carbons (Fsp3) is 0.529. The van der Waals surface area contributed by atoms with Gasteiger partial charge in [-0.3, -0.25) is 4.79 Å². The van der Waals surface area contributed by atoms with Crippen molar-refractivity contribution >= 4 is 11.9 Å². The van der Waals surface area contributed by atoms with Crippen LogP contribution in [0.5, 0.6) is 5.75 Å². The van der Waals surface area contributed by atoms with Gasteiger partial charge in [-0.2, -0.15) is 0 Å². The maximum atomic E-state index is 12.2. The minimum atomic E-state index is -1.02. The summed E-state index contributed by atoms with van der Waals surface area (Å²) in [5, 5.41) is 11.8. The van der Waals surface area contributed by atoms with Gasteiger partial charge in [0.1, 0.15) is 11.9 Å². The van der Waals surface area contributed by atoms with Crippen molar-refractivity contribution in [3.05, 3.63) is 29.8 Å². The number of aliphatic carboxylic acids is 1. The Morgan fingerprint density at radius 1 is 1.35 bits per heavy atom. The Bertz CT molecular complexity index is 584. The number of rotatable bonds is 6. The molecule has 1 aromatic rings. The third kappa shape index (κ3) is 4.22. The van der Waals surface area contributed by atoms with Gasteiger partial charge in [-0.15, -0.1) is 0 Å². The fourth-order valence-electron chi connectivity index (χ4n) is 2.58. The summed E-state index contributed by atoms with van der Waals surface area (Å²) in [5.74, 6) is -0.507. The number of methoxy groups -OCH3 is 1. The number of benzene rings is 1. The smallest absolute Gasteiger partial charge is 0.332 e. The summed E-state index contributed by atoms with van der Waals surface area (Å²) in [4.78, 5) is 23.0. The van der Waals surface area contributed by atoms with E-state index in [4.69, 9.17) is 14.6 Å². The topological polar surface area (TPSA) is 84.9 Å². The maximum absolute atomic E-state index is 12.2. The molecule has 0 aromatic heterocycles. The van der Waals surface area contributed by atoms with Crippen LogP contribution in [0.1, 0.15) is 32.3 Å². The molecule has 1 aromatic carbocycles. The lowest BCUT2D eigenvalue weighted by molar-refractivity contribution is -0.151. The molecule has 0 bridgehead atoms. The first kappa shape index (κ1) is 17.3. The lowest BCUT2D eigenvalue weighted by Crippen LogP contribution is -2.42. The SMILES string of the molecule is COc1cccc(C(C)(C)CNC(=O)[C@@H]2CC[C@H](C(=O)O)O2)c1. The molecule has 0 spiro atoms. The maximum Gasteiger partial charge on any atom is 0.332 e. The molecule has 1 saturated heterocycles. The van der Waals surface area contributed by atoms with Crippen molar-refractivity contribution in [2.45, 2.75) is 44.3 Å². The largest absolute Gasteiger partial charge is 0.497 e. The number of carbonyl (C=O) groups excluding carboxylic acids is 1. The number of ether oxygens (including phenoxy) is 2. The van der Waals surface area contributed by atoms with Gasteiger partial charge in [-0.25, -0.2) is 4.79 Å². The molecular formula is C17H23NO5. The van der Waals surface area contributed by atoms with Crippen molar-refractivity contribution in [3.63, 3.8) is 0 Å². The van der Waals surface area contributed by atoms with Gasteiger partial charge in [-0.05, 0) is 30.5 Å². The van der Waals surface area contributed by atoms with Gasteiger partial charge >= 0.3 is 5.97 Å². The third-order valence-electron chi connectivity index (χ3n) is 4.14. The molecule has 2 N–H and O–H groups in total. The van der Waals surface area contributed by atoms with E-state index < -0.39 is 18.2 Å². The van der Waals surface area contributed by atoms with E-state index in [1.54, 1.807) is 7.11 Å². The van der Waals surface area contributed by atoms with Crippen molar-refractivity contribution in [1.29, 1.82) is 0 Å². The Balaban J connectivity index is 1.93. The number of carbonyl (C=O) groups is 2. The highest BCUT2D eigenvalue weighted by Crippen LogP contribution is 2.26. The quantitative estimate of drug-likeness (QED) is 0.833. The van der Waals surface area contributed by atoms with Crippen LogP contribution in [-0.2, 0) is 19.7 Å². The Hall–Kier alpha value is -2.08. The second-order valence-electron chi connectivity index (χ2n) is 6.36. The van der Waals surface area contributed by atoms with Gasteiger partial charge in [0.2, 0.25) is 5.91 Å². The monoisotopic (exact) mass is 321 g/mol. The van der Waals surface area contributed by atoms with Crippen LogP contribution in [0.25, 0.3) is 0 Å². The first-order valence-corrected chi connectivity index (χ1v) is 7.64. The van der Waals surface area contributed by atoms with Crippen LogP contribution >= 0.6 is 0 Å². The van der Waals surface area contributed by atoms with Gasteiger partial charge in [0.05, 0.1) is 7.11 Å². The first-order valence-electron chi connectivity index (χ1n) is 7.64. The number of carboxylic acid groups (broad SMARTS) is 1. The van der Waals surface area contributed by atoms with E-state index in [0.717, 1.165) is 11.3 Å². The molecular weight excluding hydrogens is 298 g/mol. The number of amides is 1. The average Bonchev–Trinajstić information content (AvgIpc) is 3.03. The normalized spacial score (nSPS) is 21.0. The second kappa shape index (κ2) is 7.00. The average molecular weight is 321 g/mol. The molecule has 2 atom stereocenters. The molecule has 6 nitrogen and oxygen atoms in total. The van der Waals surface area contributed by atoms with Crippen LogP contribution in [0.4, 0.5) is 0 Å². The highest BCUT2D eigenvalue weighted by atomic mass is 16.5. The number of hydrogen-bond acceptors (Lipinski definition) is 4. The Kier molecular flexibility index (Phi) is 5.26. The third-order valence-corrected chi connectivity index (χ3v) is 4.14. The van der Waals surface area contributed by atoms with Crippen LogP contribution in [0.15, 0.2) is 24.3 Å². The summed E-state index contributed by atoms with van der Waals surface area (Å²) in [7, 11) is 1.62. The van der Waals surface area contributed by atoms with Crippen molar-refractivity contribution in [3.8, 4) is 5.75 Å². The molecule has 1 aliphatic heterocycles. The van der Waals surface area contributed by atoms with Crippen molar-refractivity contribution in [2.75, 3.05) is 13.7 Å². The Morgan fingerprint density at radius 2 is 2.04 bits per heavy atom. The van der Waals surface area contributed by atoms with E-state index >= 15 is 0 Å². The number of hydrogen-bond donors (Lipinski definition) is 2. The molecule has 0 unspecified atom stereocenters. The Labute approximate surface area is 135 Å². The lowest BCUT2D eigenvalue weighted by atomic mass is 9.84. The molecule has 126 valence electrons. The van der Waals surface area contributed by atoms with Gasteiger partial charge < -0.3 is 19.9 Å². The minimum absolute atomic E-state index is 0.260. The second-order valence-corrected chi connectivity index (χ2v) is 6.36. The minimum Gasteiger partial charge on any atom is -0.497 e. The standard InChI is InChI=1S/C17H23NO5/c1-17(2,11-5-4-6-12(9-11)22-3)10-18-15(19)13-7-8-14(23-13)16(20)21/h4-6,9,13-14H,7-8,10H2,1-3H3,(H,18,19)(H,20,21)/t13-,14+/m0/s1. The van der Waals surface area contributed by atoms with Crippen LogP contribution in [0, 0.1) is 0 Å². The van der Waals surface area contributed by atoms with Crippen LogP contribution < -0.4 is 10.1 Å². The zero-order valence-corrected chi connectivity index (χ0v) is 13.7. The summed E-state index contributed by atoms with van der Waals surface area (Å²) in [6, 6.07) is 7.71. The molecule has 0 saturated carbocycles. The summed E-state index contributed by atoms with van der Waals surface area (Å²) in [5.41, 5.74) is 0.766. The molecule has 1 fully saturated rings. The van der Waals surface area contributed by atoms with Gasteiger partial charge in [0, 0.05) is 12.0 Å². The molecule has 0 radical (unpaired) electrons. The van der Waals surface area contributed by atoms with Crippen LogP contribution in [0.3, 0.4) is 0 Å². The predicted octanol–water partition coefficient (Wildman–Crippen LogP) is 1.72. The highest BCUT2D eigenvalue weighted by Gasteiger charge is 2.35. The number of nitrogens with one attached hydrogen (secondary N) is 1. The number of carboxylic acids is 1. The molecule has 23 heavy (non-hydrogen) atoms. The molecule has 1 amide bonds. The van der Waals surface area contributed by atoms with E-state index in [2.05, 4.69) is 5.32 Å². The van der Waals surface area contributed by atoms with E-state index in [-0.39, 0.29) is 11.3 Å².